The molecule has 0 saturated carbocycles. The van der Waals surface area contributed by atoms with Crippen molar-refractivity contribution in [2.75, 3.05) is 51.8 Å². The van der Waals surface area contributed by atoms with Crippen LogP contribution in [0.4, 0.5) is 0 Å². The van der Waals surface area contributed by atoms with Crippen LogP contribution in [0.25, 0.3) is 0 Å². The second-order valence-electron chi connectivity index (χ2n) is 6.29. The fraction of sp³-hybridized carbons (Fsp3) is 1.00. The molecule has 0 bridgehead atoms. The molecule has 0 aliphatic rings. The van der Waals surface area contributed by atoms with Crippen molar-refractivity contribution in [3.8, 4) is 0 Å². The van der Waals surface area contributed by atoms with Gasteiger partial charge in [-0.05, 0) is 70.3 Å². The summed E-state index contributed by atoms with van der Waals surface area (Å²) in [7, 11) is 3.85. The maximum atomic E-state index is 9.11. The molecular weight excluding hydrogens is 230 g/mol. The van der Waals surface area contributed by atoms with Crippen molar-refractivity contribution in [3.05, 3.63) is 0 Å². The van der Waals surface area contributed by atoms with Crippen LogP contribution in [0.1, 0.15) is 32.1 Å². The topological polar surface area (TPSA) is 23.5 Å². The second-order valence-corrected chi connectivity index (χ2v) is 10.8. The van der Waals surface area contributed by atoms with Gasteiger partial charge in [0.25, 0.3) is 0 Å². The summed E-state index contributed by atoms with van der Waals surface area (Å²) in [6.45, 7) is 1.56. The van der Waals surface area contributed by atoms with Crippen LogP contribution in [0.5, 0.6) is 0 Å². The molecule has 1 atom stereocenters. The van der Waals surface area contributed by atoms with E-state index < -0.39 is 10.0 Å². The fourth-order valence-corrected chi connectivity index (χ4v) is 3.99. The molecule has 0 aliphatic heterocycles. The average Bonchev–Trinajstić information content (AvgIpc) is 2.14. The van der Waals surface area contributed by atoms with Gasteiger partial charge in [-0.2, -0.15) is 0 Å². The van der Waals surface area contributed by atoms with Crippen LogP contribution in [-0.4, -0.2) is 61.8 Å². The smallest absolute Gasteiger partial charge is 0.0433 e. The number of rotatable bonds is 10. The molecule has 0 aromatic rings. The number of aliphatic hydroxyl groups is 1. The molecule has 0 amide bonds. The molecule has 0 spiro atoms. The van der Waals surface area contributed by atoms with Gasteiger partial charge in [0, 0.05) is 6.61 Å². The zero-order chi connectivity index (χ0) is 13.3. The van der Waals surface area contributed by atoms with Crippen LogP contribution in [0.2, 0.25) is 0 Å². The van der Waals surface area contributed by atoms with Crippen molar-refractivity contribution >= 4 is 10.0 Å². The Balaban J connectivity index is 3.70. The standard InChI is InChI=1S/C14H33NOS/c1-15(2)11-8-6-7-9-14(10-12-16)13-17(3,4)5/h14,16H,6-13H2,1-5H3. The largest absolute Gasteiger partial charge is 0.396 e. The Kier molecular flexibility index (Phi) is 9.38. The van der Waals surface area contributed by atoms with E-state index in [1.54, 1.807) is 0 Å². The van der Waals surface area contributed by atoms with Gasteiger partial charge in [0.05, 0.1) is 0 Å². The Hall–Kier alpha value is 0.270. The van der Waals surface area contributed by atoms with Gasteiger partial charge in [0.2, 0.25) is 0 Å². The van der Waals surface area contributed by atoms with Crippen molar-refractivity contribution in [1.29, 1.82) is 0 Å². The number of aliphatic hydroxyl groups excluding tert-OH is 1. The lowest BCUT2D eigenvalue weighted by atomic mass is 10.00. The fourth-order valence-electron chi connectivity index (χ4n) is 2.24. The highest BCUT2D eigenvalue weighted by Gasteiger charge is 2.14. The van der Waals surface area contributed by atoms with Crippen LogP contribution in [0.3, 0.4) is 0 Å². The highest BCUT2D eigenvalue weighted by atomic mass is 32.3. The average molecular weight is 263 g/mol. The monoisotopic (exact) mass is 263 g/mol. The Labute approximate surface area is 110 Å². The molecular formula is C14H33NOS. The van der Waals surface area contributed by atoms with Gasteiger partial charge in [-0.1, -0.05) is 12.8 Å². The first-order valence-corrected chi connectivity index (χ1v) is 9.79. The van der Waals surface area contributed by atoms with E-state index in [0.717, 1.165) is 12.3 Å². The normalized spacial score (nSPS) is 15.2. The van der Waals surface area contributed by atoms with Gasteiger partial charge in [-0.25, -0.2) is 10.0 Å². The number of hydrogen-bond donors (Lipinski definition) is 1. The first-order chi connectivity index (χ1) is 7.85. The molecule has 2 nitrogen and oxygen atoms in total. The van der Waals surface area contributed by atoms with Crippen molar-refractivity contribution in [2.45, 2.75) is 32.1 Å². The van der Waals surface area contributed by atoms with Crippen LogP contribution < -0.4 is 0 Å². The van der Waals surface area contributed by atoms with Gasteiger partial charge in [0.1, 0.15) is 0 Å². The summed E-state index contributed by atoms with van der Waals surface area (Å²) in [5.41, 5.74) is 0. The van der Waals surface area contributed by atoms with Crippen molar-refractivity contribution in [3.63, 3.8) is 0 Å². The van der Waals surface area contributed by atoms with Crippen molar-refractivity contribution in [1.82, 2.24) is 4.90 Å². The number of hydrogen-bond acceptors (Lipinski definition) is 2. The molecule has 1 unspecified atom stereocenters. The van der Waals surface area contributed by atoms with E-state index in [9.17, 15) is 0 Å². The summed E-state index contributed by atoms with van der Waals surface area (Å²) in [5, 5.41) is 9.11. The van der Waals surface area contributed by atoms with Crippen molar-refractivity contribution in [2.24, 2.45) is 5.92 Å². The maximum absolute atomic E-state index is 9.11. The van der Waals surface area contributed by atoms with Crippen LogP contribution in [0.15, 0.2) is 0 Å². The SMILES string of the molecule is CN(C)CCCCCC(CCO)CS(C)(C)C. The van der Waals surface area contributed by atoms with E-state index in [0.29, 0.717) is 6.61 Å². The van der Waals surface area contributed by atoms with E-state index >= 15 is 0 Å². The molecule has 0 rings (SSSR count). The minimum atomic E-state index is -0.421. The summed E-state index contributed by atoms with van der Waals surface area (Å²) in [4.78, 5) is 2.25. The minimum Gasteiger partial charge on any atom is -0.396 e. The summed E-state index contributed by atoms with van der Waals surface area (Å²) < 4.78 is 0. The highest BCUT2D eigenvalue weighted by Crippen LogP contribution is 2.39. The molecule has 0 aromatic heterocycles. The molecule has 0 fully saturated rings. The second kappa shape index (κ2) is 9.23. The Morgan fingerprint density at radius 1 is 1.00 bits per heavy atom. The van der Waals surface area contributed by atoms with Crippen molar-refractivity contribution < 1.29 is 5.11 Å². The first kappa shape index (κ1) is 17.3. The predicted octanol–water partition coefficient (Wildman–Crippen LogP) is 2.80. The van der Waals surface area contributed by atoms with E-state index in [1.807, 2.05) is 0 Å². The van der Waals surface area contributed by atoms with Gasteiger partial charge < -0.3 is 10.0 Å². The molecule has 0 aliphatic carbocycles. The Bertz CT molecular complexity index is 178. The Morgan fingerprint density at radius 2 is 1.65 bits per heavy atom. The van der Waals surface area contributed by atoms with E-state index in [2.05, 4.69) is 37.8 Å². The lowest BCUT2D eigenvalue weighted by Gasteiger charge is -2.30. The molecule has 0 aromatic carbocycles. The van der Waals surface area contributed by atoms with Crippen LogP contribution in [0, 0.1) is 5.92 Å². The van der Waals surface area contributed by atoms with Gasteiger partial charge in [-0.3, -0.25) is 0 Å². The van der Waals surface area contributed by atoms with Crippen LogP contribution in [-0.2, 0) is 0 Å². The molecule has 17 heavy (non-hydrogen) atoms. The van der Waals surface area contributed by atoms with Gasteiger partial charge >= 0.3 is 0 Å². The third-order valence-corrected chi connectivity index (χ3v) is 4.46. The quantitative estimate of drug-likeness (QED) is 0.613. The minimum absolute atomic E-state index is 0.359. The lowest BCUT2D eigenvalue weighted by molar-refractivity contribution is 0.257. The first-order valence-electron chi connectivity index (χ1n) is 6.77. The molecule has 0 radical (unpaired) electrons. The summed E-state index contributed by atoms with van der Waals surface area (Å²) in [6.07, 6.45) is 13.4. The zero-order valence-corrected chi connectivity index (χ0v) is 13.4. The molecule has 0 heterocycles. The van der Waals surface area contributed by atoms with Gasteiger partial charge in [0.15, 0.2) is 0 Å². The predicted molar refractivity (Wildman–Crippen MR) is 82.4 cm³/mol. The number of unbranched alkanes of at least 4 members (excludes halogenated alkanes) is 2. The third-order valence-electron chi connectivity index (χ3n) is 2.99. The third kappa shape index (κ3) is 12.5. The number of nitrogens with zero attached hydrogens (tertiary/aromatic N) is 1. The van der Waals surface area contributed by atoms with Crippen LogP contribution >= 0.6 is 10.0 Å². The summed E-state index contributed by atoms with van der Waals surface area (Å²) in [6, 6.07) is 0. The summed E-state index contributed by atoms with van der Waals surface area (Å²) in [5.74, 6) is 2.07. The maximum Gasteiger partial charge on any atom is 0.0433 e. The molecule has 3 heteroatoms. The zero-order valence-electron chi connectivity index (χ0n) is 12.5. The van der Waals surface area contributed by atoms with E-state index in [-0.39, 0.29) is 0 Å². The van der Waals surface area contributed by atoms with Gasteiger partial charge in [-0.15, -0.1) is 0 Å². The lowest BCUT2D eigenvalue weighted by Crippen LogP contribution is -2.14. The molecule has 106 valence electrons. The highest BCUT2D eigenvalue weighted by molar-refractivity contribution is 8.32. The molecule has 0 saturated heterocycles. The van der Waals surface area contributed by atoms with E-state index in [1.165, 1.54) is 38.0 Å². The Morgan fingerprint density at radius 3 is 2.12 bits per heavy atom. The van der Waals surface area contributed by atoms with E-state index in [4.69, 9.17) is 5.11 Å². The molecule has 1 N–H and O–H groups in total. The summed E-state index contributed by atoms with van der Waals surface area (Å²) >= 11 is 0.